The lowest BCUT2D eigenvalue weighted by molar-refractivity contribution is -0.123. The van der Waals surface area contributed by atoms with E-state index in [4.69, 9.17) is 4.98 Å². The number of nitrogens with zero attached hydrogens (tertiary/aromatic N) is 4. The predicted octanol–water partition coefficient (Wildman–Crippen LogP) is 4.43. The van der Waals surface area contributed by atoms with Crippen molar-refractivity contribution in [2.75, 3.05) is 13.1 Å². The first-order valence-electron chi connectivity index (χ1n) is 10.6. The van der Waals surface area contributed by atoms with Crippen LogP contribution in [0.3, 0.4) is 0 Å². The molecule has 3 heterocycles. The van der Waals surface area contributed by atoms with Crippen LogP contribution in [0.4, 0.5) is 0 Å². The van der Waals surface area contributed by atoms with Crippen LogP contribution in [0.25, 0.3) is 21.6 Å². The molecule has 2 amide bonds. The smallest absolute Gasteiger partial charge is 0.255 e. The lowest BCUT2D eigenvalue weighted by atomic mass is 10.1. The van der Waals surface area contributed by atoms with Crippen LogP contribution in [-0.4, -0.2) is 50.1 Å². The summed E-state index contributed by atoms with van der Waals surface area (Å²) in [7, 11) is 0. The van der Waals surface area contributed by atoms with Crippen molar-refractivity contribution in [2.45, 2.75) is 60.0 Å². The Hall–Kier alpha value is -2.74. The minimum absolute atomic E-state index is 0.00216. The van der Waals surface area contributed by atoms with Crippen molar-refractivity contribution in [3.63, 3.8) is 0 Å². The van der Waals surface area contributed by atoms with Gasteiger partial charge in [-0.3, -0.25) is 9.59 Å². The van der Waals surface area contributed by atoms with Crippen LogP contribution in [0.5, 0.6) is 0 Å². The van der Waals surface area contributed by atoms with E-state index < -0.39 is 0 Å². The van der Waals surface area contributed by atoms with E-state index in [0.29, 0.717) is 23.1 Å². The van der Waals surface area contributed by atoms with E-state index in [1.807, 2.05) is 71.3 Å². The van der Waals surface area contributed by atoms with Crippen LogP contribution in [0, 0.1) is 6.92 Å². The van der Waals surface area contributed by atoms with Gasteiger partial charge >= 0.3 is 0 Å². The van der Waals surface area contributed by atoms with Gasteiger partial charge in [-0.2, -0.15) is 5.10 Å². The zero-order valence-electron chi connectivity index (χ0n) is 19.3. The average Bonchev–Trinajstić information content (AvgIpc) is 3.29. The molecule has 0 saturated carbocycles. The molecule has 3 aromatic heterocycles. The Bertz CT molecular complexity index is 1110. The van der Waals surface area contributed by atoms with Gasteiger partial charge in [0.1, 0.15) is 0 Å². The highest BCUT2D eigenvalue weighted by Crippen LogP contribution is 2.31. The summed E-state index contributed by atoms with van der Waals surface area (Å²) in [5.41, 5.74) is 1.58. The Balaban J connectivity index is 2.06. The number of aryl methyl sites for hydroxylation is 1. The van der Waals surface area contributed by atoms with E-state index in [1.165, 1.54) is 4.88 Å². The predicted molar refractivity (Wildman–Crippen MR) is 125 cm³/mol. The Morgan fingerprint density at radius 2 is 1.97 bits per heavy atom. The lowest BCUT2D eigenvalue weighted by Gasteiger charge is -2.25. The first-order valence-corrected chi connectivity index (χ1v) is 11.4. The second-order valence-electron chi connectivity index (χ2n) is 9.00. The molecule has 166 valence electrons. The number of carbonyl (C=O) groups excluding carboxylic acids is 2. The van der Waals surface area contributed by atoms with Gasteiger partial charge in [-0.15, -0.1) is 11.3 Å². The van der Waals surface area contributed by atoms with E-state index in [-0.39, 0.29) is 29.9 Å². The second kappa shape index (κ2) is 8.78. The quantitative estimate of drug-likeness (QED) is 0.614. The van der Waals surface area contributed by atoms with E-state index in [9.17, 15) is 9.59 Å². The number of amides is 2. The van der Waals surface area contributed by atoms with Crippen LogP contribution in [0.1, 0.15) is 62.8 Å². The van der Waals surface area contributed by atoms with Gasteiger partial charge in [-0.25, -0.2) is 9.67 Å². The molecule has 0 spiro atoms. The van der Waals surface area contributed by atoms with Crippen molar-refractivity contribution in [3.05, 3.63) is 34.8 Å². The second-order valence-corrected chi connectivity index (χ2v) is 10.3. The molecule has 0 radical (unpaired) electrons. The molecule has 0 bridgehead atoms. The highest BCUT2D eigenvalue weighted by Gasteiger charge is 2.25. The molecule has 0 aliphatic rings. The molecule has 1 N–H and O–H groups in total. The molecule has 0 fully saturated rings. The van der Waals surface area contributed by atoms with Crippen LogP contribution >= 0.6 is 11.3 Å². The van der Waals surface area contributed by atoms with Crippen LogP contribution < -0.4 is 5.32 Å². The van der Waals surface area contributed by atoms with Crippen molar-refractivity contribution >= 4 is 34.2 Å². The molecular formula is C23H31N5O2S. The molecule has 0 atom stereocenters. The maximum absolute atomic E-state index is 13.5. The number of fused-ring (bicyclic) bond motifs is 1. The molecule has 0 aliphatic carbocycles. The van der Waals surface area contributed by atoms with Crippen molar-refractivity contribution in [1.29, 1.82) is 0 Å². The number of likely N-dealkylation sites (N-methyl/N-ethyl adjacent to an activating group) is 1. The third kappa shape index (κ3) is 5.12. The topological polar surface area (TPSA) is 80.1 Å². The fourth-order valence-corrected chi connectivity index (χ4v) is 4.23. The lowest BCUT2D eigenvalue weighted by Crippen LogP contribution is -2.47. The van der Waals surface area contributed by atoms with Gasteiger partial charge in [0.25, 0.3) is 5.91 Å². The number of rotatable bonds is 6. The number of hydrogen-bond acceptors (Lipinski definition) is 5. The van der Waals surface area contributed by atoms with E-state index in [0.717, 1.165) is 10.6 Å². The summed E-state index contributed by atoms with van der Waals surface area (Å²) in [6.07, 6.45) is 1.70. The standard InChI is InChI=1S/C23H31N5O2S/c1-8-27(13-20(29)26-23(5,6)7)22(30)16-11-18(19-10-9-15(4)31-19)25-21-17(16)12-24-28(21)14(2)3/h9-12,14H,8,13H2,1-7H3,(H,26,29). The number of pyridine rings is 1. The van der Waals surface area contributed by atoms with Crippen LogP contribution in [0.15, 0.2) is 24.4 Å². The number of carbonyl (C=O) groups is 2. The third-order valence-electron chi connectivity index (χ3n) is 4.80. The third-order valence-corrected chi connectivity index (χ3v) is 5.82. The molecule has 3 aromatic rings. The summed E-state index contributed by atoms with van der Waals surface area (Å²) < 4.78 is 1.83. The summed E-state index contributed by atoms with van der Waals surface area (Å²) in [5, 5.41) is 8.11. The number of thiophene rings is 1. The molecule has 31 heavy (non-hydrogen) atoms. The van der Waals surface area contributed by atoms with Gasteiger partial charge in [0.2, 0.25) is 5.91 Å². The minimum Gasteiger partial charge on any atom is -0.350 e. The Morgan fingerprint density at radius 3 is 2.52 bits per heavy atom. The SMILES string of the molecule is CCN(CC(=O)NC(C)(C)C)C(=O)c1cc(-c2ccc(C)s2)nc2c1cnn2C(C)C. The summed E-state index contributed by atoms with van der Waals surface area (Å²) in [5.74, 6) is -0.378. The zero-order chi connectivity index (χ0) is 22.9. The summed E-state index contributed by atoms with van der Waals surface area (Å²) in [6, 6.07) is 6.00. The normalized spacial score (nSPS) is 11.9. The molecule has 7 nitrogen and oxygen atoms in total. The molecular weight excluding hydrogens is 410 g/mol. The van der Waals surface area contributed by atoms with Gasteiger partial charge < -0.3 is 10.2 Å². The number of hydrogen-bond donors (Lipinski definition) is 1. The summed E-state index contributed by atoms with van der Waals surface area (Å²) >= 11 is 1.64. The molecule has 0 aromatic carbocycles. The number of aromatic nitrogens is 3. The van der Waals surface area contributed by atoms with E-state index >= 15 is 0 Å². The molecule has 8 heteroatoms. The van der Waals surface area contributed by atoms with E-state index in [1.54, 1.807) is 22.4 Å². The molecule has 0 aliphatic heterocycles. The monoisotopic (exact) mass is 441 g/mol. The Morgan fingerprint density at radius 1 is 1.26 bits per heavy atom. The van der Waals surface area contributed by atoms with E-state index in [2.05, 4.69) is 10.4 Å². The van der Waals surface area contributed by atoms with Crippen LogP contribution in [-0.2, 0) is 4.79 Å². The number of nitrogens with one attached hydrogen (secondary N) is 1. The summed E-state index contributed by atoms with van der Waals surface area (Å²) in [4.78, 5) is 34.6. The van der Waals surface area contributed by atoms with Gasteiger partial charge in [0, 0.05) is 23.0 Å². The maximum Gasteiger partial charge on any atom is 0.255 e. The average molecular weight is 442 g/mol. The first-order chi connectivity index (χ1) is 14.5. The van der Waals surface area contributed by atoms with Crippen LogP contribution in [0.2, 0.25) is 0 Å². The van der Waals surface area contributed by atoms with Crippen molar-refractivity contribution < 1.29 is 9.59 Å². The fraction of sp³-hybridized carbons (Fsp3) is 0.478. The van der Waals surface area contributed by atoms with Gasteiger partial charge in [-0.05, 0) is 66.7 Å². The van der Waals surface area contributed by atoms with Crippen molar-refractivity contribution in [2.24, 2.45) is 0 Å². The molecule has 3 rings (SSSR count). The first kappa shape index (κ1) is 22.9. The fourth-order valence-electron chi connectivity index (χ4n) is 3.40. The van der Waals surface area contributed by atoms with Gasteiger partial charge in [0.15, 0.2) is 5.65 Å². The summed E-state index contributed by atoms with van der Waals surface area (Å²) in [6.45, 7) is 14.2. The highest BCUT2D eigenvalue weighted by atomic mass is 32.1. The van der Waals surface area contributed by atoms with Gasteiger partial charge in [-0.1, -0.05) is 0 Å². The van der Waals surface area contributed by atoms with Crippen molar-refractivity contribution in [1.82, 2.24) is 25.0 Å². The van der Waals surface area contributed by atoms with Crippen molar-refractivity contribution in [3.8, 4) is 10.6 Å². The zero-order valence-corrected chi connectivity index (χ0v) is 20.1. The Labute approximate surface area is 187 Å². The Kier molecular flexibility index (Phi) is 6.50. The maximum atomic E-state index is 13.5. The molecule has 0 saturated heterocycles. The minimum atomic E-state index is -0.355. The highest BCUT2D eigenvalue weighted by molar-refractivity contribution is 7.15. The van der Waals surface area contributed by atoms with Gasteiger partial charge in [0.05, 0.1) is 34.3 Å². The largest absolute Gasteiger partial charge is 0.350 e. The molecule has 0 unspecified atom stereocenters.